The summed E-state index contributed by atoms with van der Waals surface area (Å²) in [7, 11) is 1.23. The molecule has 0 radical (unpaired) electrons. The van der Waals surface area contributed by atoms with Crippen molar-refractivity contribution in [2.75, 3.05) is 7.11 Å². The van der Waals surface area contributed by atoms with Crippen LogP contribution in [0.3, 0.4) is 0 Å². The lowest BCUT2D eigenvalue weighted by molar-refractivity contribution is 0.0590. The van der Waals surface area contributed by atoms with Gasteiger partial charge >= 0.3 is 5.97 Å². The molecule has 5 nitrogen and oxygen atoms in total. The minimum absolute atomic E-state index is 0.189. The summed E-state index contributed by atoms with van der Waals surface area (Å²) in [6, 6.07) is 9.29. The average Bonchev–Trinajstić information content (AvgIpc) is 2.47. The van der Waals surface area contributed by atoms with Crippen LogP contribution in [0.25, 0.3) is 5.69 Å². The molecule has 0 atom stereocenters. The Morgan fingerprint density at radius 2 is 2.00 bits per heavy atom. The summed E-state index contributed by atoms with van der Waals surface area (Å²) in [6.45, 7) is 1.85. The zero-order valence-electron chi connectivity index (χ0n) is 10.8. The molecule has 0 bridgehead atoms. The second-order valence-electron chi connectivity index (χ2n) is 3.96. The van der Waals surface area contributed by atoms with Gasteiger partial charge in [0.05, 0.1) is 12.8 Å². The lowest BCUT2D eigenvalue weighted by atomic mass is 10.2. The normalized spacial score (nSPS) is 10.2. The number of aromatic nitrogens is 2. The second-order valence-corrected chi connectivity index (χ2v) is 3.96. The number of aryl methyl sites for hydroxylation is 1. The van der Waals surface area contributed by atoms with Gasteiger partial charge in [0.25, 0.3) is 0 Å². The van der Waals surface area contributed by atoms with Crippen LogP contribution in [0.4, 0.5) is 0 Å². The number of nitrogens with zero attached hydrogens (tertiary/aromatic N) is 2. The van der Waals surface area contributed by atoms with Crippen LogP contribution in [0.5, 0.6) is 0 Å². The highest BCUT2D eigenvalue weighted by molar-refractivity contribution is 5.87. The first-order chi connectivity index (χ1) is 9.17. The molecular formula is C14H14N2O3. The summed E-state index contributed by atoms with van der Waals surface area (Å²) in [5, 5.41) is 4.05. The standard InChI is InChI=1S/C14H14N2O3/c1-3-10-9-16(11-7-5-4-6-8-11)15-12(13(10)17)14(18)19-2/h4-9H,3H2,1-2H3. The van der Waals surface area contributed by atoms with Crippen molar-refractivity contribution in [3.8, 4) is 5.69 Å². The van der Waals surface area contributed by atoms with Crippen LogP contribution in [0.1, 0.15) is 23.0 Å². The number of rotatable bonds is 3. The third-order valence-electron chi connectivity index (χ3n) is 2.77. The third-order valence-corrected chi connectivity index (χ3v) is 2.77. The van der Waals surface area contributed by atoms with Gasteiger partial charge in [-0.15, -0.1) is 0 Å². The molecule has 1 heterocycles. The molecule has 98 valence electrons. The molecule has 0 N–H and O–H groups in total. The van der Waals surface area contributed by atoms with Gasteiger partial charge in [0.2, 0.25) is 11.1 Å². The molecule has 0 spiro atoms. The van der Waals surface area contributed by atoms with Crippen LogP contribution < -0.4 is 5.43 Å². The average molecular weight is 258 g/mol. The molecule has 0 unspecified atom stereocenters. The first-order valence-electron chi connectivity index (χ1n) is 5.94. The van der Waals surface area contributed by atoms with Crippen molar-refractivity contribution >= 4 is 5.97 Å². The predicted octanol–water partition coefficient (Wildman–Crippen LogP) is 1.58. The molecule has 19 heavy (non-hydrogen) atoms. The number of para-hydroxylation sites is 1. The zero-order valence-corrected chi connectivity index (χ0v) is 10.8. The zero-order chi connectivity index (χ0) is 13.8. The highest BCUT2D eigenvalue weighted by atomic mass is 16.5. The van der Waals surface area contributed by atoms with Gasteiger partial charge in [-0.2, -0.15) is 5.10 Å². The lowest BCUT2D eigenvalue weighted by Crippen LogP contribution is -2.25. The number of benzene rings is 1. The van der Waals surface area contributed by atoms with E-state index in [4.69, 9.17) is 0 Å². The monoisotopic (exact) mass is 258 g/mol. The minimum atomic E-state index is -0.718. The fourth-order valence-electron chi connectivity index (χ4n) is 1.74. The number of methoxy groups -OCH3 is 1. The van der Waals surface area contributed by atoms with Crippen molar-refractivity contribution in [3.63, 3.8) is 0 Å². The Balaban J connectivity index is 2.64. The van der Waals surface area contributed by atoms with E-state index in [0.717, 1.165) is 5.69 Å². The molecule has 0 aliphatic rings. The van der Waals surface area contributed by atoms with E-state index in [-0.39, 0.29) is 11.1 Å². The fraction of sp³-hybridized carbons (Fsp3) is 0.214. The van der Waals surface area contributed by atoms with Crippen molar-refractivity contribution in [1.82, 2.24) is 9.78 Å². The van der Waals surface area contributed by atoms with Crippen LogP contribution in [-0.4, -0.2) is 22.9 Å². The molecule has 0 amide bonds. The van der Waals surface area contributed by atoms with Gasteiger partial charge in [-0.3, -0.25) is 4.79 Å². The van der Waals surface area contributed by atoms with E-state index in [0.29, 0.717) is 12.0 Å². The lowest BCUT2D eigenvalue weighted by Gasteiger charge is -2.09. The maximum atomic E-state index is 12.0. The molecule has 1 aromatic heterocycles. The number of carbonyl (C=O) groups is 1. The Kier molecular flexibility index (Phi) is 3.75. The minimum Gasteiger partial charge on any atom is -0.464 e. The SMILES string of the molecule is CCc1cn(-c2ccccc2)nc(C(=O)OC)c1=O. The number of hydrogen-bond donors (Lipinski definition) is 0. The Labute approximate surface area is 110 Å². The van der Waals surface area contributed by atoms with Gasteiger partial charge in [-0.25, -0.2) is 9.48 Å². The molecule has 5 heteroatoms. The molecule has 1 aromatic carbocycles. The molecule has 0 fully saturated rings. The van der Waals surface area contributed by atoms with Crippen LogP contribution in [-0.2, 0) is 11.2 Å². The highest BCUT2D eigenvalue weighted by Gasteiger charge is 2.16. The summed E-state index contributed by atoms with van der Waals surface area (Å²) >= 11 is 0. The van der Waals surface area contributed by atoms with E-state index < -0.39 is 5.97 Å². The fourth-order valence-corrected chi connectivity index (χ4v) is 1.74. The molecular weight excluding hydrogens is 244 g/mol. The maximum Gasteiger partial charge on any atom is 0.362 e. The Bertz CT molecular complexity index is 647. The molecule has 2 aromatic rings. The van der Waals surface area contributed by atoms with E-state index in [1.807, 2.05) is 37.3 Å². The van der Waals surface area contributed by atoms with E-state index in [2.05, 4.69) is 9.84 Å². The van der Waals surface area contributed by atoms with Gasteiger partial charge in [-0.05, 0) is 18.6 Å². The van der Waals surface area contributed by atoms with Crippen molar-refractivity contribution in [1.29, 1.82) is 0 Å². The molecule has 2 rings (SSSR count). The number of ether oxygens (including phenoxy) is 1. The van der Waals surface area contributed by atoms with Crippen LogP contribution in [0, 0.1) is 0 Å². The Morgan fingerprint density at radius 3 is 2.58 bits per heavy atom. The Hall–Kier alpha value is -2.43. The topological polar surface area (TPSA) is 61.2 Å². The first-order valence-corrected chi connectivity index (χ1v) is 5.94. The van der Waals surface area contributed by atoms with Gasteiger partial charge in [0.1, 0.15) is 0 Å². The second kappa shape index (κ2) is 5.48. The van der Waals surface area contributed by atoms with Crippen molar-refractivity contribution in [3.05, 3.63) is 58.0 Å². The molecule has 0 saturated heterocycles. The van der Waals surface area contributed by atoms with E-state index in [9.17, 15) is 9.59 Å². The predicted molar refractivity (Wildman–Crippen MR) is 70.6 cm³/mol. The molecule has 0 aliphatic heterocycles. The smallest absolute Gasteiger partial charge is 0.362 e. The van der Waals surface area contributed by atoms with Gasteiger partial charge in [0, 0.05) is 11.8 Å². The first kappa shape index (κ1) is 13.0. The third kappa shape index (κ3) is 2.54. The molecule has 0 saturated carbocycles. The molecule has 0 aliphatic carbocycles. The van der Waals surface area contributed by atoms with Gasteiger partial charge < -0.3 is 4.74 Å². The van der Waals surface area contributed by atoms with E-state index >= 15 is 0 Å². The largest absolute Gasteiger partial charge is 0.464 e. The van der Waals surface area contributed by atoms with Crippen LogP contribution in [0.15, 0.2) is 41.3 Å². The van der Waals surface area contributed by atoms with Crippen LogP contribution >= 0.6 is 0 Å². The number of hydrogen-bond acceptors (Lipinski definition) is 4. The van der Waals surface area contributed by atoms with Crippen molar-refractivity contribution < 1.29 is 9.53 Å². The summed E-state index contributed by atoms with van der Waals surface area (Å²) in [4.78, 5) is 23.6. The van der Waals surface area contributed by atoms with Crippen molar-refractivity contribution in [2.45, 2.75) is 13.3 Å². The van der Waals surface area contributed by atoms with Gasteiger partial charge in [0.15, 0.2) is 0 Å². The summed E-state index contributed by atoms with van der Waals surface area (Å²) in [5.41, 5.74) is 0.744. The number of carbonyl (C=O) groups excluding carboxylic acids is 1. The van der Waals surface area contributed by atoms with E-state index in [1.54, 1.807) is 6.20 Å². The summed E-state index contributed by atoms with van der Waals surface area (Å²) in [6.07, 6.45) is 2.17. The quantitative estimate of drug-likeness (QED) is 0.784. The highest BCUT2D eigenvalue weighted by Crippen LogP contribution is 2.06. The van der Waals surface area contributed by atoms with Gasteiger partial charge in [-0.1, -0.05) is 25.1 Å². The summed E-state index contributed by atoms with van der Waals surface area (Å²) in [5.74, 6) is -0.718. The summed E-state index contributed by atoms with van der Waals surface area (Å²) < 4.78 is 6.11. The number of esters is 1. The van der Waals surface area contributed by atoms with Crippen LogP contribution in [0.2, 0.25) is 0 Å². The van der Waals surface area contributed by atoms with E-state index in [1.165, 1.54) is 11.8 Å². The Morgan fingerprint density at radius 1 is 1.32 bits per heavy atom. The van der Waals surface area contributed by atoms with Crippen molar-refractivity contribution in [2.24, 2.45) is 0 Å². The maximum absolute atomic E-state index is 12.0.